The van der Waals surface area contributed by atoms with Crippen LogP contribution in [0.4, 0.5) is 0 Å². The molecule has 0 saturated carbocycles. The van der Waals surface area contributed by atoms with Gasteiger partial charge in [-0.2, -0.15) is 0 Å². The van der Waals surface area contributed by atoms with Gasteiger partial charge in [0, 0.05) is 13.2 Å². The number of rotatable bonds is 9. The number of nitrogens with two attached hydrogens (primary N) is 1. The van der Waals surface area contributed by atoms with E-state index in [9.17, 15) is 0 Å². The molecule has 1 atom stereocenters. The van der Waals surface area contributed by atoms with Crippen LogP contribution >= 0.6 is 12.2 Å². The van der Waals surface area contributed by atoms with Gasteiger partial charge in [-0.05, 0) is 33.1 Å². The Bertz CT molecular complexity index is 153. The second-order valence-corrected chi connectivity index (χ2v) is 3.79. The van der Waals surface area contributed by atoms with Crippen molar-refractivity contribution in [1.29, 1.82) is 0 Å². The monoisotopic (exact) mass is 219 g/mol. The van der Waals surface area contributed by atoms with Crippen LogP contribution in [0.2, 0.25) is 0 Å². The first kappa shape index (κ1) is 13.8. The minimum absolute atomic E-state index is 0.180. The van der Waals surface area contributed by atoms with Crippen molar-refractivity contribution in [2.24, 2.45) is 5.73 Å². The molecule has 0 radical (unpaired) electrons. The Labute approximate surface area is 91.9 Å². The SMILES string of the molecule is CCOCC(C)OCCCCC(N)=S. The summed E-state index contributed by atoms with van der Waals surface area (Å²) >= 11 is 4.77. The van der Waals surface area contributed by atoms with Gasteiger partial charge in [-0.25, -0.2) is 0 Å². The number of thiocarbonyl (C=S) groups is 1. The fourth-order valence-electron chi connectivity index (χ4n) is 1.02. The number of unbranched alkanes of at least 4 members (excludes halogenated alkanes) is 1. The molecular formula is C10H21NO2S. The molecule has 0 heterocycles. The molecule has 0 fully saturated rings. The van der Waals surface area contributed by atoms with Crippen LogP contribution in [-0.4, -0.2) is 30.9 Å². The van der Waals surface area contributed by atoms with Crippen molar-refractivity contribution in [3.8, 4) is 0 Å². The van der Waals surface area contributed by atoms with Gasteiger partial charge in [-0.15, -0.1) is 0 Å². The van der Waals surface area contributed by atoms with E-state index in [-0.39, 0.29) is 6.10 Å². The van der Waals surface area contributed by atoms with E-state index in [0.717, 1.165) is 32.5 Å². The van der Waals surface area contributed by atoms with Crippen LogP contribution in [0.25, 0.3) is 0 Å². The molecule has 0 amide bonds. The summed E-state index contributed by atoms with van der Waals surface area (Å²) < 4.78 is 10.7. The number of hydrogen-bond donors (Lipinski definition) is 1. The molecule has 3 nitrogen and oxygen atoms in total. The zero-order chi connectivity index (χ0) is 10.8. The highest BCUT2D eigenvalue weighted by molar-refractivity contribution is 7.80. The predicted octanol–water partition coefficient (Wildman–Crippen LogP) is 1.88. The highest BCUT2D eigenvalue weighted by Gasteiger charge is 2.00. The molecule has 0 saturated heterocycles. The molecule has 0 aromatic rings. The maximum atomic E-state index is 5.52. The smallest absolute Gasteiger partial charge is 0.0780 e. The standard InChI is InChI=1S/C10H21NO2S/c1-3-12-8-9(2)13-7-5-4-6-10(11)14/h9H,3-8H2,1-2H3,(H2,11,14). The van der Waals surface area contributed by atoms with E-state index in [1.807, 2.05) is 13.8 Å². The second kappa shape index (κ2) is 9.37. The Morgan fingerprint density at radius 3 is 2.71 bits per heavy atom. The first-order valence-corrected chi connectivity index (χ1v) is 5.55. The largest absolute Gasteiger partial charge is 0.393 e. The van der Waals surface area contributed by atoms with E-state index in [1.54, 1.807) is 0 Å². The first-order chi connectivity index (χ1) is 6.66. The molecule has 14 heavy (non-hydrogen) atoms. The van der Waals surface area contributed by atoms with Crippen molar-refractivity contribution in [3.05, 3.63) is 0 Å². The quantitative estimate of drug-likeness (QED) is 0.475. The van der Waals surface area contributed by atoms with Gasteiger partial charge in [-0.1, -0.05) is 12.2 Å². The lowest BCUT2D eigenvalue weighted by atomic mass is 10.2. The molecule has 0 spiro atoms. The minimum Gasteiger partial charge on any atom is -0.393 e. The molecule has 0 aliphatic rings. The summed E-state index contributed by atoms with van der Waals surface area (Å²) in [6, 6.07) is 0. The molecule has 0 aliphatic heterocycles. The fraction of sp³-hybridized carbons (Fsp3) is 0.900. The van der Waals surface area contributed by atoms with Crippen LogP contribution < -0.4 is 5.73 Å². The molecule has 0 aliphatic carbocycles. The van der Waals surface area contributed by atoms with Crippen molar-refractivity contribution < 1.29 is 9.47 Å². The molecule has 0 rings (SSSR count). The Kier molecular flexibility index (Phi) is 9.24. The van der Waals surface area contributed by atoms with Crippen LogP contribution in [0, 0.1) is 0 Å². The molecular weight excluding hydrogens is 198 g/mol. The Hall–Kier alpha value is -0.190. The topological polar surface area (TPSA) is 44.5 Å². The zero-order valence-electron chi connectivity index (χ0n) is 9.12. The average Bonchev–Trinajstić information content (AvgIpc) is 2.13. The van der Waals surface area contributed by atoms with Crippen molar-refractivity contribution in [1.82, 2.24) is 0 Å². The maximum absolute atomic E-state index is 5.52. The Morgan fingerprint density at radius 1 is 1.43 bits per heavy atom. The fourth-order valence-corrected chi connectivity index (χ4v) is 1.16. The highest BCUT2D eigenvalue weighted by atomic mass is 32.1. The number of ether oxygens (including phenoxy) is 2. The lowest BCUT2D eigenvalue weighted by Crippen LogP contribution is -2.16. The summed E-state index contributed by atoms with van der Waals surface area (Å²) in [6.45, 7) is 6.18. The van der Waals surface area contributed by atoms with Crippen molar-refractivity contribution in [3.63, 3.8) is 0 Å². The first-order valence-electron chi connectivity index (χ1n) is 5.14. The van der Waals surface area contributed by atoms with Gasteiger partial charge in [0.1, 0.15) is 0 Å². The third kappa shape index (κ3) is 9.89. The highest BCUT2D eigenvalue weighted by Crippen LogP contribution is 1.99. The molecule has 1 unspecified atom stereocenters. The molecule has 0 aromatic heterocycles. The Balaban J connectivity index is 3.14. The molecule has 2 N–H and O–H groups in total. The summed E-state index contributed by atoms with van der Waals surface area (Å²) in [7, 11) is 0. The molecule has 84 valence electrons. The van der Waals surface area contributed by atoms with Crippen molar-refractivity contribution >= 4 is 17.2 Å². The summed E-state index contributed by atoms with van der Waals surface area (Å²) in [5.74, 6) is 0. The van der Waals surface area contributed by atoms with Gasteiger partial charge in [-0.3, -0.25) is 0 Å². The van der Waals surface area contributed by atoms with Crippen LogP contribution in [-0.2, 0) is 9.47 Å². The minimum atomic E-state index is 0.180. The van der Waals surface area contributed by atoms with Gasteiger partial charge >= 0.3 is 0 Å². The van der Waals surface area contributed by atoms with Crippen LogP contribution in [0.5, 0.6) is 0 Å². The Morgan fingerprint density at radius 2 is 2.14 bits per heavy atom. The van der Waals surface area contributed by atoms with E-state index in [2.05, 4.69) is 0 Å². The maximum Gasteiger partial charge on any atom is 0.0780 e. The van der Waals surface area contributed by atoms with E-state index in [1.165, 1.54) is 0 Å². The summed E-state index contributed by atoms with van der Waals surface area (Å²) in [6.07, 6.45) is 3.02. The van der Waals surface area contributed by atoms with Crippen molar-refractivity contribution in [2.75, 3.05) is 19.8 Å². The number of hydrogen-bond acceptors (Lipinski definition) is 3. The van der Waals surface area contributed by atoms with Crippen LogP contribution in [0.15, 0.2) is 0 Å². The van der Waals surface area contributed by atoms with Crippen LogP contribution in [0.1, 0.15) is 33.1 Å². The third-order valence-electron chi connectivity index (χ3n) is 1.78. The van der Waals surface area contributed by atoms with E-state index in [4.69, 9.17) is 27.4 Å². The van der Waals surface area contributed by atoms with E-state index < -0.39 is 0 Å². The average molecular weight is 219 g/mol. The summed E-state index contributed by atoms with van der Waals surface area (Å²) in [4.78, 5) is 0.590. The van der Waals surface area contributed by atoms with Gasteiger partial charge in [0.25, 0.3) is 0 Å². The predicted molar refractivity (Wildman–Crippen MR) is 62.5 cm³/mol. The van der Waals surface area contributed by atoms with Gasteiger partial charge in [0.2, 0.25) is 0 Å². The molecule has 0 aromatic carbocycles. The summed E-state index contributed by atoms with van der Waals surface area (Å²) in [5, 5.41) is 0. The molecule has 4 heteroatoms. The summed E-state index contributed by atoms with van der Waals surface area (Å²) in [5.41, 5.74) is 5.37. The van der Waals surface area contributed by atoms with E-state index in [0.29, 0.717) is 11.6 Å². The van der Waals surface area contributed by atoms with Gasteiger partial charge in [0.15, 0.2) is 0 Å². The van der Waals surface area contributed by atoms with Gasteiger partial charge in [0.05, 0.1) is 17.7 Å². The molecule has 0 bridgehead atoms. The zero-order valence-corrected chi connectivity index (χ0v) is 9.94. The van der Waals surface area contributed by atoms with E-state index >= 15 is 0 Å². The van der Waals surface area contributed by atoms with Gasteiger partial charge < -0.3 is 15.2 Å². The lowest BCUT2D eigenvalue weighted by Gasteiger charge is -2.12. The van der Waals surface area contributed by atoms with Crippen LogP contribution in [0.3, 0.4) is 0 Å². The van der Waals surface area contributed by atoms with Crippen molar-refractivity contribution in [2.45, 2.75) is 39.2 Å². The third-order valence-corrected chi connectivity index (χ3v) is 1.98. The lowest BCUT2D eigenvalue weighted by molar-refractivity contribution is -0.00433. The second-order valence-electron chi connectivity index (χ2n) is 3.26. The normalized spacial score (nSPS) is 12.7.